The zero-order chi connectivity index (χ0) is 11.0. The second-order valence-corrected chi connectivity index (χ2v) is 3.22. The summed E-state index contributed by atoms with van der Waals surface area (Å²) >= 11 is 0. The third kappa shape index (κ3) is 1.41. The zero-order valence-corrected chi connectivity index (χ0v) is 8.39. The van der Waals surface area contributed by atoms with Crippen molar-refractivity contribution in [1.82, 2.24) is 9.38 Å². The number of carboxylic acids is 1. The molecule has 0 aliphatic rings. The Morgan fingerprint density at radius 2 is 2.27 bits per heavy atom. The van der Waals surface area contributed by atoms with Crippen molar-refractivity contribution in [2.24, 2.45) is 0 Å². The Balaban J connectivity index is 2.83. The molecule has 2 heterocycles. The van der Waals surface area contributed by atoms with Crippen molar-refractivity contribution in [1.29, 1.82) is 0 Å². The number of pyridine rings is 1. The van der Waals surface area contributed by atoms with Crippen LogP contribution in [0.3, 0.4) is 0 Å². The van der Waals surface area contributed by atoms with Crippen molar-refractivity contribution >= 4 is 11.5 Å². The number of fused-ring (bicyclic) bond motifs is 1. The number of imidazole rings is 1. The lowest BCUT2D eigenvalue weighted by atomic mass is 10.3. The van der Waals surface area contributed by atoms with Crippen LogP contribution in [0.15, 0.2) is 18.3 Å². The molecule has 0 bridgehead atoms. The number of aryl methyl sites for hydroxylation is 1. The van der Waals surface area contributed by atoms with Gasteiger partial charge in [0.2, 0.25) is 5.82 Å². The summed E-state index contributed by atoms with van der Waals surface area (Å²) in [5.74, 6) is -0.640. The van der Waals surface area contributed by atoms with E-state index in [9.17, 15) is 4.79 Å². The summed E-state index contributed by atoms with van der Waals surface area (Å²) in [7, 11) is 1.50. The van der Waals surface area contributed by atoms with Gasteiger partial charge in [0.15, 0.2) is 5.88 Å². The van der Waals surface area contributed by atoms with Crippen LogP contribution >= 0.6 is 0 Å². The van der Waals surface area contributed by atoms with E-state index in [1.165, 1.54) is 17.7 Å². The maximum atomic E-state index is 10.9. The smallest absolute Gasteiger partial charge is 0.372 e. The lowest BCUT2D eigenvalue weighted by Gasteiger charge is -2.06. The van der Waals surface area contributed by atoms with Crippen molar-refractivity contribution in [3.63, 3.8) is 0 Å². The molecule has 0 atom stereocenters. The van der Waals surface area contributed by atoms with Crippen LogP contribution in [-0.4, -0.2) is 27.6 Å². The highest BCUT2D eigenvalue weighted by atomic mass is 16.5. The SMILES string of the molecule is COc1cc(C)cc2cnc(C(=O)O)n12. The van der Waals surface area contributed by atoms with Gasteiger partial charge in [-0.25, -0.2) is 9.78 Å². The van der Waals surface area contributed by atoms with Crippen LogP contribution in [0.1, 0.15) is 16.2 Å². The molecule has 0 radical (unpaired) electrons. The third-order valence-electron chi connectivity index (χ3n) is 2.14. The number of aromatic nitrogens is 2. The first-order valence-corrected chi connectivity index (χ1v) is 4.39. The fraction of sp³-hybridized carbons (Fsp3) is 0.200. The molecule has 0 aliphatic heterocycles. The molecule has 0 spiro atoms. The minimum Gasteiger partial charge on any atom is -0.482 e. The molecule has 0 saturated heterocycles. The highest BCUT2D eigenvalue weighted by Crippen LogP contribution is 2.19. The quantitative estimate of drug-likeness (QED) is 0.805. The Morgan fingerprint density at radius 1 is 1.53 bits per heavy atom. The summed E-state index contributed by atoms with van der Waals surface area (Å²) in [4.78, 5) is 14.7. The molecule has 5 heteroatoms. The van der Waals surface area contributed by atoms with Gasteiger partial charge in [-0.1, -0.05) is 0 Å². The lowest BCUT2D eigenvalue weighted by molar-refractivity contribution is 0.0681. The van der Waals surface area contributed by atoms with Gasteiger partial charge < -0.3 is 9.84 Å². The Bertz CT molecular complexity index is 531. The molecule has 0 unspecified atom stereocenters. The predicted octanol–water partition coefficient (Wildman–Crippen LogP) is 1.35. The number of methoxy groups -OCH3 is 1. The Labute approximate surface area is 85.9 Å². The van der Waals surface area contributed by atoms with Gasteiger partial charge in [0.25, 0.3) is 0 Å². The molecular weight excluding hydrogens is 196 g/mol. The maximum absolute atomic E-state index is 10.9. The number of hydrogen-bond acceptors (Lipinski definition) is 3. The van der Waals surface area contributed by atoms with Crippen LogP contribution in [-0.2, 0) is 0 Å². The van der Waals surface area contributed by atoms with Gasteiger partial charge in [0.1, 0.15) is 0 Å². The van der Waals surface area contributed by atoms with Crippen molar-refractivity contribution in [2.45, 2.75) is 6.92 Å². The zero-order valence-electron chi connectivity index (χ0n) is 8.39. The van der Waals surface area contributed by atoms with Gasteiger partial charge >= 0.3 is 5.97 Å². The first kappa shape index (κ1) is 9.51. The number of nitrogens with zero attached hydrogens (tertiary/aromatic N) is 2. The number of aromatic carboxylic acids is 1. The topological polar surface area (TPSA) is 63.8 Å². The minimum atomic E-state index is -1.07. The molecule has 0 amide bonds. The number of carbonyl (C=O) groups is 1. The Hall–Kier alpha value is -2.04. The Morgan fingerprint density at radius 3 is 2.87 bits per heavy atom. The Kier molecular flexibility index (Phi) is 2.07. The van der Waals surface area contributed by atoms with Crippen molar-refractivity contribution in [3.8, 4) is 5.88 Å². The molecule has 0 fully saturated rings. The van der Waals surface area contributed by atoms with Crippen LogP contribution in [0, 0.1) is 6.92 Å². The largest absolute Gasteiger partial charge is 0.482 e. The lowest BCUT2D eigenvalue weighted by Crippen LogP contribution is -2.06. The average Bonchev–Trinajstić information content (AvgIpc) is 2.59. The first-order valence-electron chi connectivity index (χ1n) is 4.39. The van der Waals surface area contributed by atoms with E-state index >= 15 is 0 Å². The minimum absolute atomic E-state index is 0.0400. The molecule has 5 nitrogen and oxygen atoms in total. The number of hydrogen-bond donors (Lipinski definition) is 1. The predicted molar refractivity (Wildman–Crippen MR) is 53.4 cm³/mol. The summed E-state index contributed by atoms with van der Waals surface area (Å²) in [5.41, 5.74) is 1.71. The van der Waals surface area contributed by atoms with E-state index in [0.717, 1.165) is 5.56 Å². The molecule has 2 aromatic heterocycles. The van der Waals surface area contributed by atoms with Gasteiger partial charge in [-0.15, -0.1) is 0 Å². The van der Waals surface area contributed by atoms with E-state index in [-0.39, 0.29) is 5.82 Å². The van der Waals surface area contributed by atoms with Crippen LogP contribution < -0.4 is 4.74 Å². The number of rotatable bonds is 2. The number of carboxylic acid groups (broad SMARTS) is 1. The summed E-state index contributed by atoms with van der Waals surface area (Å²) in [6.45, 7) is 1.91. The fourth-order valence-electron chi connectivity index (χ4n) is 1.53. The van der Waals surface area contributed by atoms with Crippen LogP contribution in [0.4, 0.5) is 0 Å². The molecule has 2 rings (SSSR count). The molecular formula is C10H10N2O3. The second kappa shape index (κ2) is 3.27. The monoisotopic (exact) mass is 206 g/mol. The highest BCUT2D eigenvalue weighted by Gasteiger charge is 2.14. The van der Waals surface area contributed by atoms with E-state index in [1.54, 1.807) is 6.07 Å². The standard InChI is InChI=1S/C10H10N2O3/c1-6-3-7-5-11-9(10(13)14)12(7)8(4-6)15-2/h3-5H,1-2H3,(H,13,14). The summed E-state index contributed by atoms with van der Waals surface area (Å²) in [6, 6.07) is 3.61. The number of ether oxygens (including phenoxy) is 1. The molecule has 78 valence electrons. The van der Waals surface area contributed by atoms with Crippen molar-refractivity contribution < 1.29 is 14.6 Å². The molecule has 0 aliphatic carbocycles. The molecule has 1 N–H and O–H groups in total. The molecule has 2 aromatic rings. The van der Waals surface area contributed by atoms with E-state index in [1.807, 2.05) is 13.0 Å². The highest BCUT2D eigenvalue weighted by molar-refractivity contribution is 5.85. The molecule has 0 aromatic carbocycles. The van der Waals surface area contributed by atoms with Crippen molar-refractivity contribution in [3.05, 3.63) is 29.7 Å². The normalized spacial score (nSPS) is 10.5. The van der Waals surface area contributed by atoms with Crippen molar-refractivity contribution in [2.75, 3.05) is 7.11 Å². The fourth-order valence-corrected chi connectivity index (χ4v) is 1.53. The van der Waals surface area contributed by atoms with Gasteiger partial charge in [-0.3, -0.25) is 4.40 Å². The second-order valence-electron chi connectivity index (χ2n) is 3.22. The van der Waals surface area contributed by atoms with E-state index in [2.05, 4.69) is 4.98 Å². The maximum Gasteiger partial charge on any atom is 0.372 e. The summed E-state index contributed by atoms with van der Waals surface area (Å²) in [6.07, 6.45) is 1.51. The first-order chi connectivity index (χ1) is 7.13. The van der Waals surface area contributed by atoms with Gasteiger partial charge in [0, 0.05) is 6.07 Å². The molecule has 15 heavy (non-hydrogen) atoms. The van der Waals surface area contributed by atoms with E-state index in [4.69, 9.17) is 9.84 Å². The third-order valence-corrected chi connectivity index (χ3v) is 2.14. The average molecular weight is 206 g/mol. The van der Waals surface area contributed by atoms with E-state index < -0.39 is 5.97 Å². The van der Waals surface area contributed by atoms with Gasteiger partial charge in [0.05, 0.1) is 18.8 Å². The summed E-state index contributed by atoms with van der Waals surface area (Å²) < 4.78 is 6.58. The van der Waals surface area contributed by atoms with Crippen LogP contribution in [0.5, 0.6) is 5.88 Å². The van der Waals surface area contributed by atoms with Gasteiger partial charge in [-0.2, -0.15) is 0 Å². The van der Waals surface area contributed by atoms with E-state index in [0.29, 0.717) is 11.4 Å². The van der Waals surface area contributed by atoms with Crippen LogP contribution in [0.25, 0.3) is 5.52 Å². The summed E-state index contributed by atoms with van der Waals surface area (Å²) in [5, 5.41) is 8.92. The van der Waals surface area contributed by atoms with Gasteiger partial charge in [-0.05, 0) is 18.6 Å². The molecule has 0 saturated carbocycles. The van der Waals surface area contributed by atoms with Crippen LogP contribution in [0.2, 0.25) is 0 Å².